The third-order valence-electron chi connectivity index (χ3n) is 8.92. The van der Waals surface area contributed by atoms with Crippen LogP contribution in [0.1, 0.15) is 72.0 Å². The number of rotatable bonds is 8. The van der Waals surface area contributed by atoms with Gasteiger partial charge in [-0.3, -0.25) is 9.78 Å². The normalized spacial score (nSPS) is 16.2. The van der Waals surface area contributed by atoms with Gasteiger partial charge >= 0.3 is 0 Å². The highest BCUT2D eigenvalue weighted by Gasteiger charge is 2.32. The van der Waals surface area contributed by atoms with E-state index < -0.39 is 0 Å². The van der Waals surface area contributed by atoms with Gasteiger partial charge in [-0.2, -0.15) is 0 Å². The second-order valence-electron chi connectivity index (χ2n) is 11.9. The second kappa shape index (κ2) is 11.7. The highest BCUT2D eigenvalue weighted by molar-refractivity contribution is 6.08. The number of carbonyl (C=O) groups is 1. The molecule has 1 unspecified atom stereocenters. The van der Waals surface area contributed by atoms with Gasteiger partial charge in [-0.1, -0.05) is 24.3 Å². The van der Waals surface area contributed by atoms with Gasteiger partial charge in [0, 0.05) is 59.3 Å². The second-order valence-corrected chi connectivity index (χ2v) is 11.9. The lowest BCUT2D eigenvalue weighted by Gasteiger charge is -2.33. The predicted molar refractivity (Wildman–Crippen MR) is 171 cm³/mol. The SMILES string of the molecule is CC(c1ccccn1)n1c(C2CCN(C(=O)c3ccc(Nc4cccc(F)c4)c(C(=N)C4CC4)c3)CC2)nc2ccccc21. The van der Waals surface area contributed by atoms with Crippen molar-refractivity contribution in [2.75, 3.05) is 18.4 Å². The fourth-order valence-corrected chi connectivity index (χ4v) is 6.36. The number of hydrogen-bond donors (Lipinski definition) is 2. The Morgan fingerprint density at radius 1 is 0.955 bits per heavy atom. The Labute approximate surface area is 256 Å². The van der Waals surface area contributed by atoms with E-state index in [4.69, 9.17) is 10.4 Å². The maximum atomic E-state index is 13.8. The molecule has 2 N–H and O–H groups in total. The molecule has 0 radical (unpaired) electrons. The van der Waals surface area contributed by atoms with E-state index >= 15 is 0 Å². The summed E-state index contributed by atoms with van der Waals surface area (Å²) in [4.78, 5) is 25.4. The van der Waals surface area contributed by atoms with Gasteiger partial charge in [-0.25, -0.2) is 9.37 Å². The van der Waals surface area contributed by atoms with Gasteiger partial charge in [0.15, 0.2) is 0 Å². The van der Waals surface area contributed by atoms with Gasteiger partial charge in [-0.15, -0.1) is 0 Å². The van der Waals surface area contributed by atoms with Crippen LogP contribution in [0.15, 0.2) is 91.1 Å². The number of halogens is 1. The van der Waals surface area contributed by atoms with Crippen molar-refractivity contribution in [3.05, 3.63) is 120 Å². The third-order valence-corrected chi connectivity index (χ3v) is 8.92. The molecule has 1 atom stereocenters. The highest BCUT2D eigenvalue weighted by Crippen LogP contribution is 2.37. The Balaban J connectivity index is 1.11. The van der Waals surface area contributed by atoms with Crippen LogP contribution in [0.2, 0.25) is 0 Å². The Morgan fingerprint density at radius 2 is 1.75 bits per heavy atom. The fourth-order valence-electron chi connectivity index (χ4n) is 6.36. The summed E-state index contributed by atoms with van der Waals surface area (Å²) < 4.78 is 16.2. The number of anilines is 2. The van der Waals surface area contributed by atoms with Crippen molar-refractivity contribution in [2.24, 2.45) is 5.92 Å². The number of para-hydroxylation sites is 2. The van der Waals surface area contributed by atoms with Crippen molar-refractivity contribution in [3.63, 3.8) is 0 Å². The first-order valence-corrected chi connectivity index (χ1v) is 15.4. The van der Waals surface area contributed by atoms with Crippen LogP contribution in [0.4, 0.5) is 15.8 Å². The highest BCUT2D eigenvalue weighted by atomic mass is 19.1. The van der Waals surface area contributed by atoms with Gasteiger partial charge in [-0.05, 0) is 93.3 Å². The molecule has 1 aliphatic heterocycles. The molecule has 5 aromatic rings. The number of pyridine rings is 1. The van der Waals surface area contributed by atoms with E-state index in [2.05, 4.69) is 40.0 Å². The Bertz CT molecular complexity index is 1840. The lowest BCUT2D eigenvalue weighted by Crippen LogP contribution is -2.38. The summed E-state index contributed by atoms with van der Waals surface area (Å²) in [5, 5.41) is 12.1. The molecule has 2 fully saturated rings. The molecular weight excluding hydrogens is 551 g/mol. The van der Waals surface area contributed by atoms with Gasteiger partial charge in [0.05, 0.1) is 22.8 Å². The molecule has 3 heterocycles. The molecule has 0 spiro atoms. The van der Waals surface area contributed by atoms with Crippen LogP contribution < -0.4 is 5.32 Å². The van der Waals surface area contributed by atoms with Crippen LogP contribution in [-0.4, -0.2) is 44.1 Å². The molecule has 7 nitrogen and oxygen atoms in total. The fraction of sp³-hybridized carbons (Fsp3) is 0.278. The molecule has 222 valence electrons. The maximum absolute atomic E-state index is 13.8. The van der Waals surface area contributed by atoms with Crippen LogP contribution in [0, 0.1) is 17.1 Å². The van der Waals surface area contributed by atoms with Gasteiger partial charge in [0.2, 0.25) is 0 Å². The van der Waals surface area contributed by atoms with Crippen LogP contribution in [0.25, 0.3) is 11.0 Å². The first-order valence-electron chi connectivity index (χ1n) is 15.4. The Morgan fingerprint density at radius 3 is 2.50 bits per heavy atom. The largest absolute Gasteiger partial charge is 0.355 e. The lowest BCUT2D eigenvalue weighted by atomic mass is 9.94. The number of nitrogens with zero attached hydrogens (tertiary/aromatic N) is 4. The number of nitrogens with one attached hydrogen (secondary N) is 2. The van der Waals surface area contributed by atoms with Crippen molar-refractivity contribution >= 4 is 34.0 Å². The zero-order valence-electron chi connectivity index (χ0n) is 24.7. The molecule has 1 saturated carbocycles. The summed E-state index contributed by atoms with van der Waals surface area (Å²) in [5.41, 5.74) is 6.19. The molecule has 1 amide bonds. The van der Waals surface area contributed by atoms with Crippen molar-refractivity contribution < 1.29 is 9.18 Å². The number of piperidine rings is 1. The number of amides is 1. The van der Waals surface area contributed by atoms with E-state index in [1.54, 1.807) is 12.1 Å². The van der Waals surface area contributed by atoms with Gasteiger partial charge < -0.3 is 20.2 Å². The topological polar surface area (TPSA) is 86.9 Å². The first-order chi connectivity index (χ1) is 21.5. The Kier molecular flexibility index (Phi) is 7.42. The average molecular weight is 587 g/mol. The number of fused-ring (bicyclic) bond motifs is 1. The van der Waals surface area contributed by atoms with Crippen LogP contribution in [0.3, 0.4) is 0 Å². The molecule has 1 saturated heterocycles. The zero-order valence-corrected chi connectivity index (χ0v) is 24.7. The maximum Gasteiger partial charge on any atom is 0.253 e. The molecule has 3 aromatic carbocycles. The minimum atomic E-state index is -0.328. The molecular formula is C36H35FN6O. The lowest BCUT2D eigenvalue weighted by molar-refractivity contribution is 0.0710. The monoisotopic (exact) mass is 586 g/mol. The number of aromatic nitrogens is 3. The van der Waals surface area contributed by atoms with E-state index in [0.717, 1.165) is 48.2 Å². The van der Waals surface area contributed by atoms with E-state index in [1.165, 1.54) is 12.1 Å². The average Bonchev–Trinajstić information content (AvgIpc) is 3.84. The summed E-state index contributed by atoms with van der Waals surface area (Å²) in [7, 11) is 0. The van der Waals surface area contributed by atoms with E-state index in [9.17, 15) is 9.18 Å². The summed E-state index contributed by atoms with van der Waals surface area (Å²) in [5.74, 6) is 1.11. The summed E-state index contributed by atoms with van der Waals surface area (Å²) in [6.45, 7) is 3.43. The molecule has 7 rings (SSSR count). The number of carbonyl (C=O) groups excluding carboxylic acids is 1. The smallest absolute Gasteiger partial charge is 0.253 e. The predicted octanol–water partition coefficient (Wildman–Crippen LogP) is 7.72. The summed E-state index contributed by atoms with van der Waals surface area (Å²) >= 11 is 0. The van der Waals surface area contributed by atoms with Crippen LogP contribution >= 0.6 is 0 Å². The van der Waals surface area contributed by atoms with E-state index in [-0.39, 0.29) is 29.6 Å². The number of likely N-dealkylation sites (tertiary alicyclic amines) is 1. The third kappa shape index (κ3) is 5.48. The Hall–Kier alpha value is -4.85. The molecule has 2 aromatic heterocycles. The zero-order chi connectivity index (χ0) is 30.2. The van der Waals surface area contributed by atoms with E-state index in [1.807, 2.05) is 53.6 Å². The minimum absolute atomic E-state index is 0.0259. The standard InChI is InChI=1S/C36H35FN6O/c1-23(30-9-4-5-18-39-30)43-33-11-3-2-10-32(33)41-35(43)25-16-19-42(20-17-25)36(44)26-14-15-31(29(21-26)34(38)24-12-13-24)40-28-8-6-7-27(37)22-28/h2-11,14-15,18,21-25,38,40H,12-13,16-17,19-20H2,1H3. The van der Waals surface area contributed by atoms with Gasteiger partial charge in [0.25, 0.3) is 5.91 Å². The number of imidazole rings is 1. The first kappa shape index (κ1) is 28.0. The molecule has 1 aliphatic carbocycles. The minimum Gasteiger partial charge on any atom is -0.355 e. The summed E-state index contributed by atoms with van der Waals surface area (Å²) in [6, 6.07) is 26.1. The van der Waals surface area contributed by atoms with Crippen molar-refractivity contribution in [1.29, 1.82) is 5.41 Å². The van der Waals surface area contributed by atoms with Crippen LogP contribution in [0.5, 0.6) is 0 Å². The molecule has 0 bridgehead atoms. The molecule has 44 heavy (non-hydrogen) atoms. The van der Waals surface area contributed by atoms with Gasteiger partial charge in [0.1, 0.15) is 11.6 Å². The quantitative estimate of drug-likeness (QED) is 0.182. The summed E-state index contributed by atoms with van der Waals surface area (Å²) in [6.07, 6.45) is 5.42. The van der Waals surface area contributed by atoms with Crippen molar-refractivity contribution in [3.8, 4) is 0 Å². The van der Waals surface area contributed by atoms with Crippen molar-refractivity contribution in [2.45, 2.75) is 44.6 Å². The van der Waals surface area contributed by atoms with E-state index in [0.29, 0.717) is 41.3 Å². The van der Waals surface area contributed by atoms with Crippen molar-refractivity contribution in [1.82, 2.24) is 19.4 Å². The molecule has 2 aliphatic rings. The number of hydrogen-bond acceptors (Lipinski definition) is 5. The number of benzene rings is 3. The van der Waals surface area contributed by atoms with Crippen LogP contribution in [-0.2, 0) is 0 Å². The molecule has 8 heteroatoms.